The van der Waals surface area contributed by atoms with E-state index in [-0.39, 0.29) is 28.8 Å². The van der Waals surface area contributed by atoms with Gasteiger partial charge in [0.2, 0.25) is 0 Å². The maximum Gasteiger partial charge on any atom is 0.313 e. The van der Waals surface area contributed by atoms with Crippen LogP contribution >= 0.6 is 11.8 Å². The molecule has 140 valence electrons. The second-order valence-electron chi connectivity index (χ2n) is 5.61. The van der Waals surface area contributed by atoms with E-state index in [0.717, 1.165) is 0 Å². The monoisotopic (exact) mass is 386 g/mol. The average Bonchev–Trinajstić information content (AvgIpc) is 3.01. The van der Waals surface area contributed by atoms with Crippen LogP contribution in [0.2, 0.25) is 0 Å². The molecule has 2 aromatic heterocycles. The van der Waals surface area contributed by atoms with Crippen molar-refractivity contribution in [3.05, 3.63) is 52.1 Å². The molecule has 0 atom stereocenters. The normalized spacial score (nSPS) is 10.9. The van der Waals surface area contributed by atoms with Crippen molar-refractivity contribution in [2.45, 2.75) is 18.4 Å². The van der Waals surface area contributed by atoms with Gasteiger partial charge in [-0.15, -0.1) is 11.8 Å². The van der Waals surface area contributed by atoms with Crippen LogP contribution in [0, 0.1) is 0 Å². The van der Waals surface area contributed by atoms with Crippen LogP contribution in [0.5, 0.6) is 0 Å². The van der Waals surface area contributed by atoms with Crippen LogP contribution < -0.4 is 11.3 Å². The Labute approximate surface area is 158 Å². The van der Waals surface area contributed by atoms with Crippen LogP contribution in [0.4, 0.5) is 0 Å². The predicted octanol–water partition coefficient (Wildman–Crippen LogP) is 1.64. The largest absolute Gasteiger partial charge is 0.469 e. The van der Waals surface area contributed by atoms with E-state index in [1.165, 1.54) is 23.4 Å². The molecule has 9 heteroatoms. The maximum atomic E-state index is 13.3. The van der Waals surface area contributed by atoms with Crippen LogP contribution in [0.1, 0.15) is 23.1 Å². The molecule has 27 heavy (non-hydrogen) atoms. The molecule has 0 saturated heterocycles. The van der Waals surface area contributed by atoms with E-state index in [0.29, 0.717) is 16.5 Å². The molecule has 3 aromatic rings. The summed E-state index contributed by atoms with van der Waals surface area (Å²) in [5.74, 6) is -0.363. The number of esters is 1. The molecule has 2 heterocycles. The zero-order chi connectivity index (χ0) is 19.6. The van der Waals surface area contributed by atoms with Crippen molar-refractivity contribution in [2.75, 3.05) is 12.9 Å². The number of hydrogen-bond acceptors (Lipinski definition) is 6. The van der Waals surface area contributed by atoms with E-state index in [2.05, 4.69) is 9.97 Å². The number of nitrogens with two attached hydrogens (primary N) is 1. The van der Waals surface area contributed by atoms with Gasteiger partial charge in [-0.25, -0.2) is 4.98 Å². The molecule has 0 bridgehead atoms. The van der Waals surface area contributed by atoms with Gasteiger partial charge in [-0.2, -0.15) is 0 Å². The summed E-state index contributed by atoms with van der Waals surface area (Å²) >= 11 is 1.35. The Balaban J connectivity index is 2.39. The number of carbonyl (C=O) groups is 2. The van der Waals surface area contributed by atoms with Gasteiger partial charge in [-0.3, -0.25) is 19.0 Å². The predicted molar refractivity (Wildman–Crippen MR) is 102 cm³/mol. The molecular formula is C18H18N4O4S. The van der Waals surface area contributed by atoms with E-state index >= 15 is 0 Å². The molecule has 0 aliphatic heterocycles. The van der Waals surface area contributed by atoms with Crippen LogP contribution in [0.15, 0.2) is 40.2 Å². The minimum absolute atomic E-state index is 0.107. The van der Waals surface area contributed by atoms with Crippen molar-refractivity contribution >= 4 is 34.7 Å². The fraction of sp³-hybridized carbons (Fsp3) is 0.222. The molecule has 3 rings (SSSR count). The summed E-state index contributed by atoms with van der Waals surface area (Å²) < 4.78 is 6.03. The number of H-pyrrole nitrogens is 1. The summed E-state index contributed by atoms with van der Waals surface area (Å²) in [6, 6.07) is 8.76. The zero-order valence-corrected chi connectivity index (χ0v) is 15.6. The number of hydrogen-bond donors (Lipinski definition) is 2. The average molecular weight is 386 g/mol. The van der Waals surface area contributed by atoms with E-state index in [9.17, 15) is 14.4 Å². The van der Waals surface area contributed by atoms with E-state index in [4.69, 9.17) is 10.5 Å². The van der Waals surface area contributed by atoms with Crippen LogP contribution in [-0.2, 0) is 16.0 Å². The van der Waals surface area contributed by atoms with E-state index in [1.54, 1.807) is 24.3 Å². The molecule has 1 amide bonds. The number of primary amides is 1. The molecule has 0 fully saturated rings. The van der Waals surface area contributed by atoms with Gasteiger partial charge in [0.15, 0.2) is 0 Å². The summed E-state index contributed by atoms with van der Waals surface area (Å²) in [4.78, 5) is 44.6. The first-order valence-corrected chi connectivity index (χ1v) is 9.18. The summed E-state index contributed by atoms with van der Waals surface area (Å²) in [5, 5.41) is 0.593. The van der Waals surface area contributed by atoms with Gasteiger partial charge in [0.05, 0.1) is 28.8 Å². The van der Waals surface area contributed by atoms with Gasteiger partial charge in [-0.1, -0.05) is 25.1 Å². The van der Waals surface area contributed by atoms with Gasteiger partial charge in [0.25, 0.3) is 11.5 Å². The number of para-hydroxylation sites is 1. The Morgan fingerprint density at radius 2 is 2.00 bits per heavy atom. The first kappa shape index (κ1) is 18.7. The minimum atomic E-state index is -0.712. The summed E-state index contributed by atoms with van der Waals surface area (Å²) in [7, 11) is 1.27. The standard InChI is InChI=1S/C18H18N4O4S/c1-3-27-17-13(15(19)24)14-16(21-17)20-11(9-12(23)26-2)22(18(14)25)10-7-5-4-6-8-10/h4-8,21H,3,9H2,1-2H3,(H2,19,24). The van der Waals surface area contributed by atoms with Crippen molar-refractivity contribution < 1.29 is 14.3 Å². The first-order valence-electron chi connectivity index (χ1n) is 8.20. The lowest BCUT2D eigenvalue weighted by Gasteiger charge is -2.12. The summed E-state index contributed by atoms with van der Waals surface area (Å²) in [6.45, 7) is 1.92. The summed E-state index contributed by atoms with van der Waals surface area (Å²) in [6.07, 6.45) is -0.197. The topological polar surface area (TPSA) is 120 Å². The number of aromatic nitrogens is 3. The Morgan fingerprint density at radius 3 is 2.59 bits per heavy atom. The Hall–Kier alpha value is -3.07. The molecule has 0 unspecified atom stereocenters. The van der Waals surface area contributed by atoms with Crippen LogP contribution in [0.25, 0.3) is 16.7 Å². The molecule has 0 aliphatic carbocycles. The number of thioether (sulfide) groups is 1. The quantitative estimate of drug-likeness (QED) is 0.491. The van der Waals surface area contributed by atoms with Gasteiger partial charge in [-0.05, 0) is 17.9 Å². The number of aromatic amines is 1. The fourth-order valence-corrected chi connectivity index (χ4v) is 3.62. The van der Waals surface area contributed by atoms with Crippen LogP contribution in [-0.4, -0.2) is 39.3 Å². The molecular weight excluding hydrogens is 368 g/mol. The molecule has 0 spiro atoms. The summed E-state index contributed by atoms with van der Waals surface area (Å²) in [5.41, 5.74) is 5.92. The first-order chi connectivity index (χ1) is 13.0. The van der Waals surface area contributed by atoms with Crippen molar-refractivity contribution in [2.24, 2.45) is 5.73 Å². The highest BCUT2D eigenvalue weighted by Gasteiger charge is 2.24. The van der Waals surface area contributed by atoms with Crippen LogP contribution in [0.3, 0.4) is 0 Å². The zero-order valence-electron chi connectivity index (χ0n) is 14.8. The lowest BCUT2D eigenvalue weighted by Crippen LogP contribution is -2.27. The molecule has 1 aromatic carbocycles. The molecule has 0 aliphatic rings. The third kappa shape index (κ3) is 3.45. The minimum Gasteiger partial charge on any atom is -0.469 e. The molecule has 8 nitrogen and oxygen atoms in total. The lowest BCUT2D eigenvalue weighted by molar-refractivity contribution is -0.139. The number of benzene rings is 1. The maximum absolute atomic E-state index is 13.3. The number of methoxy groups -OCH3 is 1. The second-order valence-corrected chi connectivity index (χ2v) is 6.88. The molecule has 3 N–H and O–H groups in total. The van der Waals surface area contributed by atoms with E-state index in [1.807, 2.05) is 13.0 Å². The smallest absolute Gasteiger partial charge is 0.313 e. The van der Waals surface area contributed by atoms with Crippen molar-refractivity contribution in [3.63, 3.8) is 0 Å². The number of rotatable bonds is 6. The number of nitrogens with zero attached hydrogens (tertiary/aromatic N) is 2. The SMILES string of the molecule is CCSc1[nH]c2nc(CC(=O)OC)n(-c3ccccc3)c(=O)c2c1C(N)=O. The number of carbonyl (C=O) groups excluding carboxylic acids is 2. The Kier molecular flexibility index (Phi) is 5.31. The number of ether oxygens (including phenoxy) is 1. The number of nitrogens with one attached hydrogen (secondary N) is 1. The van der Waals surface area contributed by atoms with Crippen molar-refractivity contribution in [3.8, 4) is 5.69 Å². The number of fused-ring (bicyclic) bond motifs is 1. The lowest BCUT2D eigenvalue weighted by atomic mass is 10.2. The Bertz CT molecular complexity index is 1070. The highest BCUT2D eigenvalue weighted by atomic mass is 32.2. The van der Waals surface area contributed by atoms with Gasteiger partial charge < -0.3 is 15.5 Å². The molecule has 0 radical (unpaired) electrons. The van der Waals surface area contributed by atoms with Crippen molar-refractivity contribution in [1.29, 1.82) is 0 Å². The van der Waals surface area contributed by atoms with Crippen molar-refractivity contribution in [1.82, 2.24) is 14.5 Å². The molecule has 0 saturated carbocycles. The number of amides is 1. The van der Waals surface area contributed by atoms with Gasteiger partial charge in [0.1, 0.15) is 17.9 Å². The third-order valence-electron chi connectivity index (χ3n) is 3.94. The highest BCUT2D eigenvalue weighted by Crippen LogP contribution is 2.27. The fourth-order valence-electron chi connectivity index (χ4n) is 2.82. The second kappa shape index (κ2) is 7.67. The van der Waals surface area contributed by atoms with Gasteiger partial charge >= 0.3 is 5.97 Å². The Morgan fingerprint density at radius 1 is 1.30 bits per heavy atom. The third-order valence-corrected chi connectivity index (χ3v) is 4.82. The van der Waals surface area contributed by atoms with E-state index < -0.39 is 17.4 Å². The van der Waals surface area contributed by atoms with Gasteiger partial charge in [0, 0.05) is 0 Å². The highest BCUT2D eigenvalue weighted by molar-refractivity contribution is 7.99.